The molecular weight excluding hydrogens is 488 g/mol. The number of hydrogen-bond donors (Lipinski definition) is 0. The molecule has 0 spiro atoms. The smallest absolute Gasteiger partial charge is 1.00 e. The Morgan fingerprint density at radius 1 is 0.552 bits per heavy atom. The third kappa shape index (κ3) is 4.86. The molecule has 0 bridgehead atoms. The molecule has 0 unspecified atom stereocenters. The predicted molar refractivity (Wildman–Crippen MR) is 103 cm³/mol. The molecule has 0 atom stereocenters. The second-order valence-electron chi connectivity index (χ2n) is 6.43. The van der Waals surface area contributed by atoms with E-state index in [0.717, 1.165) is 33.4 Å². The number of benzene rings is 2. The molecule has 29 heavy (non-hydrogen) atoms. The Morgan fingerprint density at radius 3 is 1.24 bits per heavy atom. The van der Waals surface area contributed by atoms with E-state index in [0.29, 0.717) is 0 Å². The minimum Gasteiger partial charge on any atom is -1.00 e. The molecule has 4 rings (SSSR count). The van der Waals surface area contributed by atoms with Crippen molar-refractivity contribution in [1.29, 1.82) is 0 Å². The summed E-state index contributed by atoms with van der Waals surface area (Å²) in [5, 5.41) is 0. The van der Waals surface area contributed by atoms with E-state index in [9.17, 15) is 8.78 Å². The van der Waals surface area contributed by atoms with Crippen LogP contribution in [0.3, 0.4) is 0 Å². The molecule has 2 aromatic carbocycles. The van der Waals surface area contributed by atoms with Gasteiger partial charge >= 0.3 is 170 Å². The maximum Gasteiger partial charge on any atom is -1.00 e. The summed E-state index contributed by atoms with van der Waals surface area (Å²) in [4.78, 5) is 0. The molecule has 0 fully saturated rings. The van der Waals surface area contributed by atoms with Crippen LogP contribution in [0.5, 0.6) is 0 Å². The van der Waals surface area contributed by atoms with Crippen LogP contribution in [0.4, 0.5) is 8.78 Å². The first-order valence-corrected chi connectivity index (χ1v) is 11.0. The molecule has 0 saturated heterocycles. The van der Waals surface area contributed by atoms with Gasteiger partial charge in [0.25, 0.3) is 0 Å². The van der Waals surface area contributed by atoms with Crippen LogP contribution in [0.1, 0.15) is 11.1 Å². The minimum atomic E-state index is -1.23. The maximum absolute atomic E-state index is 13.3. The van der Waals surface area contributed by atoms with Crippen LogP contribution in [0, 0.1) is 11.6 Å². The van der Waals surface area contributed by atoms with E-state index in [1.54, 1.807) is 0 Å². The van der Waals surface area contributed by atoms with E-state index < -0.39 is 23.2 Å². The fourth-order valence-corrected chi connectivity index (χ4v) is 6.80. The van der Waals surface area contributed by atoms with Crippen molar-refractivity contribution in [3.8, 4) is 0 Å². The zero-order chi connectivity index (χ0) is 19.0. The van der Waals surface area contributed by atoms with Crippen molar-refractivity contribution >= 4 is 11.1 Å². The van der Waals surface area contributed by atoms with Crippen LogP contribution >= 0.6 is 0 Å². The summed E-state index contributed by atoms with van der Waals surface area (Å²) in [5.74, 6) is -0.479. The van der Waals surface area contributed by atoms with E-state index in [1.807, 2.05) is 36.4 Å². The summed E-state index contributed by atoms with van der Waals surface area (Å²) >= 11 is -1.23. The standard InChI is InChI=1S/2C12H8F.2ClH.Zr/c2*1-9-2-3-11(8-9)10-4-6-12(13)7-5-10;;;/h2*2-7H,1H2;2*1H;/q;;;;+2/p-2. The van der Waals surface area contributed by atoms with Gasteiger partial charge in [-0.05, 0) is 0 Å². The van der Waals surface area contributed by atoms with Crippen LogP contribution in [0.15, 0.2) is 104 Å². The first-order valence-electron chi connectivity index (χ1n) is 8.55. The third-order valence-corrected chi connectivity index (χ3v) is 8.78. The van der Waals surface area contributed by atoms with Crippen molar-refractivity contribution in [2.24, 2.45) is 0 Å². The van der Waals surface area contributed by atoms with Crippen molar-refractivity contribution in [3.05, 3.63) is 126 Å². The molecule has 0 N–H and O–H groups in total. The van der Waals surface area contributed by atoms with Gasteiger partial charge in [0.15, 0.2) is 0 Å². The summed E-state index contributed by atoms with van der Waals surface area (Å²) in [5.41, 5.74) is 6.29. The Kier molecular flexibility index (Phi) is 7.94. The van der Waals surface area contributed by atoms with Gasteiger partial charge in [-0.15, -0.1) is 0 Å². The average molecular weight is 505 g/mol. The molecule has 0 radical (unpaired) electrons. The van der Waals surface area contributed by atoms with E-state index in [-0.39, 0.29) is 36.4 Å². The molecule has 0 nitrogen and oxygen atoms in total. The van der Waals surface area contributed by atoms with E-state index in [2.05, 4.69) is 25.3 Å². The van der Waals surface area contributed by atoms with Gasteiger partial charge in [0, 0.05) is 0 Å². The fourth-order valence-electron chi connectivity index (χ4n) is 3.21. The zero-order valence-electron chi connectivity index (χ0n) is 15.4. The summed E-state index contributed by atoms with van der Waals surface area (Å²) in [6, 6.07) is 13.2. The molecule has 0 aliphatic heterocycles. The molecule has 0 amide bonds. The minimum absolute atomic E-state index is 0. The molecular formula is C24H16Cl2F2Zr. The van der Waals surface area contributed by atoms with Gasteiger partial charge in [-0.2, -0.15) is 0 Å². The van der Waals surface area contributed by atoms with Crippen molar-refractivity contribution < 1.29 is 56.8 Å². The van der Waals surface area contributed by atoms with Crippen LogP contribution in [-0.4, -0.2) is 0 Å². The first kappa shape index (κ1) is 23.5. The monoisotopic (exact) mass is 502 g/mol. The largest absolute Gasteiger partial charge is 1.00 e. The SMILES string of the molecule is C=C1C=CC(c2ccc(F)cc2)=[C]1[Zr+2][C]1=C(c2ccc(F)cc2)C=CC1=C.[Cl-].[Cl-]. The normalized spacial score (nSPS) is 14.8. The summed E-state index contributed by atoms with van der Waals surface area (Å²) in [6.45, 7) is 8.41. The Morgan fingerprint density at radius 2 is 0.897 bits per heavy atom. The molecule has 0 heterocycles. The quantitative estimate of drug-likeness (QED) is 0.567. The Labute approximate surface area is 193 Å². The Bertz CT molecular complexity index is 985. The van der Waals surface area contributed by atoms with Gasteiger partial charge in [-0.25, -0.2) is 0 Å². The van der Waals surface area contributed by atoms with Gasteiger partial charge in [-0.1, -0.05) is 0 Å². The van der Waals surface area contributed by atoms with Crippen LogP contribution in [0.2, 0.25) is 0 Å². The number of halogens is 4. The molecule has 0 saturated carbocycles. The molecule has 5 heteroatoms. The number of allylic oxidation sites excluding steroid dienone is 10. The van der Waals surface area contributed by atoms with E-state index in [4.69, 9.17) is 0 Å². The molecule has 2 aliphatic rings. The van der Waals surface area contributed by atoms with Gasteiger partial charge < -0.3 is 24.8 Å². The number of hydrogen-bond acceptors (Lipinski definition) is 0. The summed E-state index contributed by atoms with van der Waals surface area (Å²) in [7, 11) is 0. The topological polar surface area (TPSA) is 0 Å². The van der Waals surface area contributed by atoms with Crippen LogP contribution in [-0.2, 0) is 23.2 Å². The summed E-state index contributed by atoms with van der Waals surface area (Å²) < 4.78 is 29.1. The zero-order valence-corrected chi connectivity index (χ0v) is 19.3. The van der Waals surface area contributed by atoms with Gasteiger partial charge in [-0.3, -0.25) is 0 Å². The average Bonchev–Trinajstić information content (AvgIpc) is 3.21. The predicted octanol–water partition coefficient (Wildman–Crippen LogP) is 0.430. The van der Waals surface area contributed by atoms with Crippen molar-refractivity contribution in [3.63, 3.8) is 0 Å². The first-order chi connectivity index (χ1) is 13.0. The Hall–Kier alpha value is -1.80. The van der Waals surface area contributed by atoms with Crippen LogP contribution in [0.25, 0.3) is 11.1 Å². The van der Waals surface area contributed by atoms with E-state index >= 15 is 0 Å². The Balaban J connectivity index is 0.00000150. The second-order valence-corrected chi connectivity index (χ2v) is 9.51. The van der Waals surface area contributed by atoms with Crippen molar-refractivity contribution in [2.45, 2.75) is 0 Å². The molecule has 2 aromatic rings. The third-order valence-electron chi connectivity index (χ3n) is 4.64. The van der Waals surface area contributed by atoms with Crippen molar-refractivity contribution in [1.82, 2.24) is 0 Å². The van der Waals surface area contributed by atoms with E-state index in [1.165, 1.54) is 30.8 Å². The van der Waals surface area contributed by atoms with Crippen molar-refractivity contribution in [2.75, 3.05) is 0 Å². The molecule has 144 valence electrons. The van der Waals surface area contributed by atoms with Gasteiger partial charge in [0.05, 0.1) is 0 Å². The fraction of sp³-hybridized carbons (Fsp3) is 0. The van der Waals surface area contributed by atoms with Gasteiger partial charge in [0.1, 0.15) is 0 Å². The van der Waals surface area contributed by atoms with Crippen LogP contribution < -0.4 is 24.8 Å². The number of rotatable bonds is 4. The van der Waals surface area contributed by atoms with Gasteiger partial charge in [0.2, 0.25) is 0 Å². The molecule has 0 aromatic heterocycles. The maximum atomic E-state index is 13.3. The molecule has 2 aliphatic carbocycles. The summed E-state index contributed by atoms with van der Waals surface area (Å²) in [6.07, 6.45) is 8.18. The second kappa shape index (κ2) is 9.80.